The van der Waals surface area contributed by atoms with Crippen molar-refractivity contribution in [2.45, 2.75) is 19.9 Å². The van der Waals surface area contributed by atoms with E-state index in [4.69, 9.17) is 21.3 Å². The molecule has 0 saturated carbocycles. The molecule has 1 unspecified atom stereocenters. The molecule has 3 aromatic rings. The Labute approximate surface area is 151 Å². The van der Waals surface area contributed by atoms with E-state index < -0.39 is 0 Å². The molecule has 0 radical (unpaired) electrons. The Hall–Kier alpha value is -2.66. The van der Waals surface area contributed by atoms with E-state index in [1.54, 1.807) is 7.11 Å². The topological polar surface area (TPSA) is 52.3 Å². The van der Waals surface area contributed by atoms with Crippen LogP contribution in [0.1, 0.15) is 35.7 Å². The Morgan fingerprint density at radius 1 is 1.08 bits per heavy atom. The molecule has 0 saturated heterocycles. The van der Waals surface area contributed by atoms with Gasteiger partial charge in [-0.3, -0.25) is 9.56 Å². The molecule has 0 amide bonds. The van der Waals surface area contributed by atoms with Crippen molar-refractivity contribution in [2.24, 2.45) is 4.99 Å². The van der Waals surface area contributed by atoms with Crippen molar-refractivity contribution in [1.82, 2.24) is 14.8 Å². The van der Waals surface area contributed by atoms with Gasteiger partial charge >= 0.3 is 0 Å². The van der Waals surface area contributed by atoms with Crippen LogP contribution >= 0.6 is 11.6 Å². The van der Waals surface area contributed by atoms with E-state index in [1.165, 1.54) is 0 Å². The van der Waals surface area contributed by atoms with E-state index in [9.17, 15) is 0 Å². The summed E-state index contributed by atoms with van der Waals surface area (Å²) in [6, 6.07) is 13.6. The first-order valence-electron chi connectivity index (χ1n) is 8.03. The van der Waals surface area contributed by atoms with Crippen molar-refractivity contribution < 1.29 is 4.74 Å². The normalized spacial score (nSPS) is 15.8. The van der Waals surface area contributed by atoms with Crippen molar-refractivity contribution >= 4 is 17.3 Å². The van der Waals surface area contributed by atoms with Crippen molar-refractivity contribution in [3.05, 3.63) is 70.3 Å². The second-order valence-corrected chi connectivity index (χ2v) is 6.42. The predicted octanol–water partition coefficient (Wildman–Crippen LogP) is 4.15. The molecular weight excluding hydrogens is 336 g/mol. The standard InChI is InChI=1S/C19H17ClN4O/c1-11-19-23-22-12(2)24(19)17-9-8-15(25-3)10-16(17)18(21-11)13-4-6-14(20)7-5-13/h4-11H,1-3H3. The first kappa shape index (κ1) is 15.8. The maximum Gasteiger partial charge on any atom is 0.162 e. The van der Waals surface area contributed by atoms with Gasteiger partial charge in [-0.2, -0.15) is 0 Å². The van der Waals surface area contributed by atoms with Gasteiger partial charge in [0.1, 0.15) is 17.6 Å². The van der Waals surface area contributed by atoms with E-state index in [1.807, 2.05) is 56.3 Å². The lowest BCUT2D eigenvalue weighted by atomic mass is 10.00. The maximum atomic E-state index is 6.05. The molecule has 0 spiro atoms. The van der Waals surface area contributed by atoms with Gasteiger partial charge < -0.3 is 4.74 Å². The lowest BCUT2D eigenvalue weighted by Crippen LogP contribution is -2.08. The highest BCUT2D eigenvalue weighted by molar-refractivity contribution is 6.30. The van der Waals surface area contributed by atoms with Gasteiger partial charge in [-0.15, -0.1) is 10.2 Å². The molecule has 1 aliphatic rings. The number of hydrogen-bond acceptors (Lipinski definition) is 4. The summed E-state index contributed by atoms with van der Waals surface area (Å²) in [4.78, 5) is 4.94. The largest absolute Gasteiger partial charge is 0.497 e. The van der Waals surface area contributed by atoms with Gasteiger partial charge in [0.2, 0.25) is 0 Å². The highest BCUT2D eigenvalue weighted by Crippen LogP contribution is 2.32. The van der Waals surface area contributed by atoms with Crippen LogP contribution in [0.5, 0.6) is 5.75 Å². The summed E-state index contributed by atoms with van der Waals surface area (Å²) in [5.41, 5.74) is 3.87. The molecule has 0 fully saturated rings. The number of nitrogens with zero attached hydrogens (tertiary/aromatic N) is 4. The molecule has 6 heteroatoms. The fourth-order valence-corrected chi connectivity index (χ4v) is 3.26. The van der Waals surface area contributed by atoms with Gasteiger partial charge in [0.25, 0.3) is 0 Å². The third-order valence-electron chi connectivity index (χ3n) is 4.36. The monoisotopic (exact) mass is 352 g/mol. The zero-order valence-electron chi connectivity index (χ0n) is 14.2. The van der Waals surface area contributed by atoms with E-state index in [2.05, 4.69) is 14.8 Å². The highest BCUT2D eigenvalue weighted by atomic mass is 35.5. The molecule has 1 atom stereocenters. The number of halogens is 1. The SMILES string of the molecule is COc1ccc2c(c1)C(c1ccc(Cl)cc1)=NC(C)c1nnc(C)n1-2. The fourth-order valence-electron chi connectivity index (χ4n) is 3.13. The van der Waals surface area contributed by atoms with Crippen LogP contribution in [0.3, 0.4) is 0 Å². The highest BCUT2D eigenvalue weighted by Gasteiger charge is 2.26. The van der Waals surface area contributed by atoms with Gasteiger partial charge in [0, 0.05) is 16.1 Å². The average molecular weight is 353 g/mol. The Kier molecular flexibility index (Phi) is 3.81. The summed E-state index contributed by atoms with van der Waals surface area (Å²) < 4.78 is 7.50. The number of aromatic nitrogens is 3. The van der Waals surface area contributed by atoms with E-state index in [-0.39, 0.29) is 6.04 Å². The summed E-state index contributed by atoms with van der Waals surface area (Å²) in [6.45, 7) is 3.98. The number of rotatable bonds is 2. The second kappa shape index (κ2) is 6.01. The van der Waals surface area contributed by atoms with Gasteiger partial charge in [-0.25, -0.2) is 0 Å². The Bertz CT molecular complexity index is 976. The molecular formula is C19H17ClN4O. The molecule has 5 nitrogen and oxygen atoms in total. The summed E-state index contributed by atoms with van der Waals surface area (Å²) in [5, 5.41) is 9.27. The van der Waals surface area contributed by atoms with Crippen LogP contribution in [0, 0.1) is 6.92 Å². The fraction of sp³-hybridized carbons (Fsp3) is 0.211. The van der Waals surface area contributed by atoms with Gasteiger partial charge in [0.15, 0.2) is 5.82 Å². The minimum absolute atomic E-state index is 0.120. The molecule has 0 N–H and O–H groups in total. The number of hydrogen-bond donors (Lipinski definition) is 0. The smallest absolute Gasteiger partial charge is 0.162 e. The zero-order chi connectivity index (χ0) is 17.6. The molecule has 4 rings (SSSR count). The number of methoxy groups -OCH3 is 1. The van der Waals surface area contributed by atoms with Crippen LogP contribution in [0.25, 0.3) is 5.69 Å². The first-order valence-corrected chi connectivity index (χ1v) is 8.40. The minimum atomic E-state index is -0.120. The van der Waals surface area contributed by atoms with Crippen LogP contribution in [0.15, 0.2) is 47.5 Å². The summed E-state index contributed by atoms with van der Waals surface area (Å²) in [6.07, 6.45) is 0. The van der Waals surface area contributed by atoms with E-state index in [0.29, 0.717) is 5.02 Å². The number of aryl methyl sites for hydroxylation is 1. The molecule has 1 aromatic heterocycles. The van der Waals surface area contributed by atoms with E-state index in [0.717, 1.165) is 39.9 Å². The third-order valence-corrected chi connectivity index (χ3v) is 4.62. The first-order chi connectivity index (χ1) is 12.1. The van der Waals surface area contributed by atoms with Crippen LogP contribution < -0.4 is 4.74 Å². The number of ether oxygens (including phenoxy) is 1. The van der Waals surface area contributed by atoms with Gasteiger partial charge in [0.05, 0.1) is 18.5 Å². The van der Waals surface area contributed by atoms with Crippen molar-refractivity contribution in [1.29, 1.82) is 0 Å². The third kappa shape index (κ3) is 2.61. The Balaban J connectivity index is 2.02. The second-order valence-electron chi connectivity index (χ2n) is 5.98. The van der Waals surface area contributed by atoms with Gasteiger partial charge in [-0.1, -0.05) is 23.7 Å². The summed E-state index contributed by atoms with van der Waals surface area (Å²) in [5.74, 6) is 2.44. The van der Waals surface area contributed by atoms with Crippen LogP contribution in [0.2, 0.25) is 5.02 Å². The van der Waals surface area contributed by atoms with Crippen molar-refractivity contribution in [3.8, 4) is 11.4 Å². The van der Waals surface area contributed by atoms with Crippen LogP contribution in [-0.2, 0) is 0 Å². The minimum Gasteiger partial charge on any atom is -0.497 e. The number of aliphatic imine (C=N–C) groups is 1. The van der Waals surface area contributed by atoms with Crippen LogP contribution in [-0.4, -0.2) is 27.6 Å². The lowest BCUT2D eigenvalue weighted by molar-refractivity contribution is 0.414. The molecule has 1 aliphatic heterocycles. The molecule has 0 bridgehead atoms. The average Bonchev–Trinajstić information content (AvgIpc) is 2.95. The lowest BCUT2D eigenvalue weighted by Gasteiger charge is -2.14. The molecule has 0 aliphatic carbocycles. The van der Waals surface area contributed by atoms with Gasteiger partial charge in [-0.05, 0) is 44.2 Å². The Morgan fingerprint density at radius 3 is 2.56 bits per heavy atom. The molecule has 2 heterocycles. The molecule has 2 aromatic carbocycles. The zero-order valence-corrected chi connectivity index (χ0v) is 14.9. The molecule has 25 heavy (non-hydrogen) atoms. The molecule has 126 valence electrons. The number of benzene rings is 2. The van der Waals surface area contributed by atoms with Crippen LogP contribution in [0.4, 0.5) is 0 Å². The summed E-state index contributed by atoms with van der Waals surface area (Å²) >= 11 is 6.05. The van der Waals surface area contributed by atoms with E-state index >= 15 is 0 Å². The quantitative estimate of drug-likeness (QED) is 0.696. The van der Waals surface area contributed by atoms with Crippen molar-refractivity contribution in [2.75, 3.05) is 7.11 Å². The summed E-state index contributed by atoms with van der Waals surface area (Å²) in [7, 11) is 1.66. The number of fused-ring (bicyclic) bond motifs is 3. The Morgan fingerprint density at radius 2 is 1.84 bits per heavy atom. The maximum absolute atomic E-state index is 6.05. The predicted molar refractivity (Wildman–Crippen MR) is 98.2 cm³/mol. The van der Waals surface area contributed by atoms with Crippen molar-refractivity contribution in [3.63, 3.8) is 0 Å².